The number of nitrogens with zero attached hydrogens (tertiary/aromatic N) is 1. The lowest BCUT2D eigenvalue weighted by atomic mass is 10.1. The molecule has 0 radical (unpaired) electrons. The lowest BCUT2D eigenvalue weighted by Gasteiger charge is -2.25. The number of amides is 1. The summed E-state index contributed by atoms with van der Waals surface area (Å²) in [5.41, 5.74) is 0.962. The third-order valence-corrected chi connectivity index (χ3v) is 5.32. The topological polar surface area (TPSA) is 29.5 Å². The summed E-state index contributed by atoms with van der Waals surface area (Å²) in [7, 11) is 0. The maximum atomic E-state index is 12.7. The number of rotatable bonds is 1. The van der Waals surface area contributed by atoms with E-state index in [0.29, 0.717) is 23.5 Å². The number of carbonyl (C=O) groups excluding carboxylic acids is 1. The van der Waals surface area contributed by atoms with Crippen LogP contribution >= 0.6 is 23.4 Å². The van der Waals surface area contributed by atoms with Gasteiger partial charge < -0.3 is 9.64 Å². The summed E-state index contributed by atoms with van der Waals surface area (Å²) in [6, 6.07) is 5.83. The summed E-state index contributed by atoms with van der Waals surface area (Å²) in [5.74, 6) is 0.181. The first-order chi connectivity index (χ1) is 9.65. The molecule has 2 aliphatic rings. The molecule has 1 fully saturated rings. The van der Waals surface area contributed by atoms with Crippen LogP contribution in [0.2, 0.25) is 5.02 Å². The number of hydrogen-bond acceptors (Lipinski definition) is 3. The lowest BCUT2D eigenvalue weighted by molar-refractivity contribution is -0.122. The van der Waals surface area contributed by atoms with Crippen molar-refractivity contribution < 1.29 is 9.53 Å². The molecule has 0 aromatic heterocycles. The van der Waals surface area contributed by atoms with Crippen LogP contribution in [0, 0.1) is 5.92 Å². The SMILES string of the molecule is CC1CCN(C(=O)C2CCOC2)c2cc(Cl)ccc2S1. The minimum absolute atomic E-state index is 0.000220. The van der Waals surface area contributed by atoms with E-state index in [1.165, 1.54) is 0 Å². The van der Waals surface area contributed by atoms with Gasteiger partial charge in [0, 0.05) is 28.3 Å². The van der Waals surface area contributed by atoms with E-state index in [-0.39, 0.29) is 11.8 Å². The summed E-state index contributed by atoms with van der Waals surface area (Å²) in [6.45, 7) is 4.21. The molecule has 0 spiro atoms. The average molecular weight is 312 g/mol. The number of benzene rings is 1. The van der Waals surface area contributed by atoms with Crippen molar-refractivity contribution in [3.63, 3.8) is 0 Å². The number of ether oxygens (including phenoxy) is 1. The molecular weight excluding hydrogens is 294 g/mol. The highest BCUT2D eigenvalue weighted by Gasteiger charge is 2.31. The summed E-state index contributed by atoms with van der Waals surface area (Å²) in [4.78, 5) is 15.8. The smallest absolute Gasteiger partial charge is 0.232 e. The van der Waals surface area contributed by atoms with Gasteiger partial charge in [0.05, 0.1) is 18.2 Å². The predicted octanol–water partition coefficient (Wildman–Crippen LogP) is 3.59. The summed E-state index contributed by atoms with van der Waals surface area (Å²) in [5, 5.41) is 1.19. The molecule has 2 atom stereocenters. The largest absolute Gasteiger partial charge is 0.381 e. The van der Waals surface area contributed by atoms with E-state index in [2.05, 4.69) is 6.92 Å². The maximum Gasteiger partial charge on any atom is 0.232 e. The van der Waals surface area contributed by atoms with Gasteiger partial charge in [0.15, 0.2) is 0 Å². The zero-order chi connectivity index (χ0) is 14.1. The minimum Gasteiger partial charge on any atom is -0.381 e. The Bertz CT molecular complexity index is 517. The number of carbonyl (C=O) groups is 1. The molecule has 1 saturated heterocycles. The molecule has 0 bridgehead atoms. The fourth-order valence-corrected chi connectivity index (χ4v) is 3.95. The van der Waals surface area contributed by atoms with Gasteiger partial charge in [-0.25, -0.2) is 0 Å². The normalized spacial score (nSPS) is 26.2. The van der Waals surface area contributed by atoms with Crippen molar-refractivity contribution in [3.8, 4) is 0 Å². The van der Waals surface area contributed by atoms with Crippen LogP contribution in [0.3, 0.4) is 0 Å². The van der Waals surface area contributed by atoms with E-state index >= 15 is 0 Å². The lowest BCUT2D eigenvalue weighted by Crippen LogP contribution is -2.37. The first-order valence-electron chi connectivity index (χ1n) is 7.00. The molecular formula is C15H18ClNO2S. The Morgan fingerprint density at radius 1 is 1.45 bits per heavy atom. The molecule has 3 nitrogen and oxygen atoms in total. The van der Waals surface area contributed by atoms with Crippen molar-refractivity contribution in [1.82, 2.24) is 0 Å². The molecule has 1 aromatic carbocycles. The Labute approximate surface area is 128 Å². The van der Waals surface area contributed by atoms with Gasteiger partial charge in [0.2, 0.25) is 5.91 Å². The molecule has 0 N–H and O–H groups in total. The molecule has 2 heterocycles. The van der Waals surface area contributed by atoms with Crippen molar-refractivity contribution in [1.29, 1.82) is 0 Å². The Kier molecular flexibility index (Phi) is 4.24. The molecule has 0 aliphatic carbocycles. The van der Waals surface area contributed by atoms with E-state index < -0.39 is 0 Å². The van der Waals surface area contributed by atoms with Crippen molar-refractivity contribution in [2.24, 2.45) is 5.92 Å². The molecule has 20 heavy (non-hydrogen) atoms. The monoisotopic (exact) mass is 311 g/mol. The third kappa shape index (κ3) is 2.83. The van der Waals surface area contributed by atoms with Crippen LogP contribution in [0.15, 0.2) is 23.1 Å². The van der Waals surface area contributed by atoms with Crippen molar-refractivity contribution in [2.45, 2.75) is 29.9 Å². The van der Waals surface area contributed by atoms with E-state index in [4.69, 9.17) is 16.3 Å². The molecule has 0 saturated carbocycles. The van der Waals surface area contributed by atoms with Gasteiger partial charge in [0.25, 0.3) is 0 Å². The van der Waals surface area contributed by atoms with E-state index in [9.17, 15) is 4.79 Å². The van der Waals surface area contributed by atoms with Gasteiger partial charge >= 0.3 is 0 Å². The molecule has 5 heteroatoms. The van der Waals surface area contributed by atoms with Crippen molar-refractivity contribution in [2.75, 3.05) is 24.7 Å². The molecule has 2 aliphatic heterocycles. The van der Waals surface area contributed by atoms with Gasteiger partial charge in [0.1, 0.15) is 0 Å². The Hall–Kier alpha value is -0.710. The quantitative estimate of drug-likeness (QED) is 0.793. The van der Waals surface area contributed by atoms with Crippen molar-refractivity contribution in [3.05, 3.63) is 23.2 Å². The zero-order valence-corrected chi connectivity index (χ0v) is 13.0. The molecule has 3 rings (SSSR count). The van der Waals surface area contributed by atoms with Crippen LogP contribution in [-0.2, 0) is 9.53 Å². The second kappa shape index (κ2) is 5.96. The molecule has 2 unspecified atom stereocenters. The Morgan fingerprint density at radius 3 is 3.05 bits per heavy atom. The fourth-order valence-electron chi connectivity index (χ4n) is 2.69. The highest BCUT2D eigenvalue weighted by atomic mass is 35.5. The minimum atomic E-state index is 0.000220. The summed E-state index contributed by atoms with van der Waals surface area (Å²) >= 11 is 7.95. The van der Waals surface area contributed by atoms with Crippen LogP contribution in [0.5, 0.6) is 0 Å². The molecule has 1 amide bonds. The van der Waals surface area contributed by atoms with Gasteiger partial charge in [-0.2, -0.15) is 0 Å². The highest BCUT2D eigenvalue weighted by Crippen LogP contribution is 2.39. The summed E-state index contributed by atoms with van der Waals surface area (Å²) < 4.78 is 5.35. The van der Waals surface area contributed by atoms with Crippen LogP contribution in [-0.4, -0.2) is 30.9 Å². The summed E-state index contributed by atoms with van der Waals surface area (Å²) in [6.07, 6.45) is 1.82. The highest BCUT2D eigenvalue weighted by molar-refractivity contribution is 8.00. The zero-order valence-electron chi connectivity index (χ0n) is 11.5. The second-order valence-electron chi connectivity index (χ2n) is 5.38. The predicted molar refractivity (Wildman–Crippen MR) is 82.7 cm³/mol. The number of anilines is 1. The van der Waals surface area contributed by atoms with E-state index in [1.807, 2.05) is 34.9 Å². The molecule has 108 valence electrons. The van der Waals surface area contributed by atoms with E-state index in [0.717, 1.165) is 30.0 Å². The van der Waals surface area contributed by atoms with Crippen LogP contribution in [0.25, 0.3) is 0 Å². The number of thioether (sulfide) groups is 1. The standard InChI is InChI=1S/C15H18ClNO2S/c1-10-4-6-17(15(18)11-5-7-19-9-11)13-8-12(16)2-3-14(13)20-10/h2-3,8,10-11H,4-7,9H2,1H3. The Balaban J connectivity index is 1.94. The van der Waals surface area contributed by atoms with Crippen LogP contribution < -0.4 is 4.90 Å². The third-order valence-electron chi connectivity index (χ3n) is 3.84. The first-order valence-corrected chi connectivity index (χ1v) is 8.26. The number of halogens is 1. The number of fused-ring (bicyclic) bond motifs is 1. The van der Waals surface area contributed by atoms with Gasteiger partial charge in [-0.3, -0.25) is 4.79 Å². The van der Waals surface area contributed by atoms with Crippen molar-refractivity contribution >= 4 is 35.0 Å². The first kappa shape index (κ1) is 14.2. The van der Waals surface area contributed by atoms with E-state index in [1.54, 1.807) is 0 Å². The maximum absolute atomic E-state index is 12.7. The van der Waals surface area contributed by atoms with Crippen LogP contribution in [0.1, 0.15) is 19.8 Å². The second-order valence-corrected chi connectivity index (χ2v) is 7.30. The average Bonchev–Trinajstić information content (AvgIpc) is 2.90. The van der Waals surface area contributed by atoms with Gasteiger partial charge in [-0.05, 0) is 31.0 Å². The van der Waals surface area contributed by atoms with Gasteiger partial charge in [-0.1, -0.05) is 18.5 Å². The van der Waals surface area contributed by atoms with Gasteiger partial charge in [-0.15, -0.1) is 11.8 Å². The number of hydrogen-bond donors (Lipinski definition) is 0. The Morgan fingerprint density at radius 2 is 2.30 bits per heavy atom. The molecule has 1 aromatic rings. The van der Waals surface area contributed by atoms with Crippen LogP contribution in [0.4, 0.5) is 5.69 Å². The fraction of sp³-hybridized carbons (Fsp3) is 0.533.